The zero-order valence-electron chi connectivity index (χ0n) is 60.4. The van der Waals surface area contributed by atoms with Crippen LogP contribution in [0, 0.1) is 23.5 Å². The predicted octanol–water partition coefficient (Wildman–Crippen LogP) is 5.04. The molecule has 12 amide bonds. The highest BCUT2D eigenvalue weighted by Crippen LogP contribution is 2.40. The number of nitrogens with zero attached hydrogens (tertiary/aromatic N) is 9. The molecule has 3 N–H and O–H groups in total. The second-order valence-electron chi connectivity index (χ2n) is 28.3. The van der Waals surface area contributed by atoms with E-state index in [2.05, 4.69) is 16.0 Å². The minimum absolute atomic E-state index is 0.0287. The van der Waals surface area contributed by atoms with Crippen molar-refractivity contribution in [2.24, 2.45) is 11.8 Å². The number of amides is 12. The fraction of sp³-hybridized carbons (Fsp3) is 0.634. The second-order valence-corrected chi connectivity index (χ2v) is 28.3. The number of benzene rings is 2. The molecule has 4 fully saturated rings. The van der Waals surface area contributed by atoms with Crippen molar-refractivity contribution in [3.63, 3.8) is 0 Å². The molecule has 574 valence electrons. The maximum atomic E-state index is 16.0. The van der Waals surface area contributed by atoms with Crippen LogP contribution >= 0.6 is 0 Å². The summed E-state index contributed by atoms with van der Waals surface area (Å²) in [7, 11) is 10.4. The van der Waals surface area contributed by atoms with E-state index in [0.29, 0.717) is 50.7 Å². The number of alkyl halides is 7. The Bertz CT molecular complexity index is 3550. The fourth-order valence-electron chi connectivity index (χ4n) is 14.4. The molecule has 0 radical (unpaired) electrons. The van der Waals surface area contributed by atoms with E-state index in [9.17, 15) is 59.9 Å². The van der Waals surface area contributed by atoms with Crippen LogP contribution < -0.4 is 16.0 Å². The zero-order valence-corrected chi connectivity index (χ0v) is 60.4. The molecular weight excluding hydrogens is 1380 g/mol. The third-order valence-corrected chi connectivity index (χ3v) is 21.0. The third kappa shape index (κ3) is 19.0. The van der Waals surface area contributed by atoms with Gasteiger partial charge < -0.3 is 60.0 Å². The van der Waals surface area contributed by atoms with Crippen molar-refractivity contribution in [3.05, 3.63) is 82.4 Å². The van der Waals surface area contributed by atoms with Gasteiger partial charge in [-0.15, -0.1) is 0 Å². The number of fused-ring (bicyclic) bond motifs is 3. The van der Waals surface area contributed by atoms with Crippen molar-refractivity contribution >= 4 is 70.9 Å². The van der Waals surface area contributed by atoms with Gasteiger partial charge >= 0.3 is 12.4 Å². The molecule has 2 aromatic carbocycles. The molecule has 104 heavy (non-hydrogen) atoms. The number of hydrogen-bond acceptors (Lipinski definition) is 12. The zero-order chi connectivity index (χ0) is 77.4. The van der Waals surface area contributed by atoms with Crippen LogP contribution in [0.15, 0.2) is 48.6 Å². The molecule has 5 aliphatic rings. The lowest BCUT2D eigenvalue weighted by Crippen LogP contribution is -2.68. The average Bonchev–Trinajstić information content (AvgIpc) is 1.16. The van der Waals surface area contributed by atoms with Crippen molar-refractivity contribution in [2.45, 2.75) is 196 Å². The van der Waals surface area contributed by atoms with Gasteiger partial charge in [-0.3, -0.25) is 57.5 Å². The van der Waals surface area contributed by atoms with Crippen molar-refractivity contribution < 1.29 is 97.0 Å². The topological polar surface area (TPSA) is 270 Å². The normalized spacial score (nSPS) is 26.6. The van der Waals surface area contributed by atoms with Crippen LogP contribution in [0.5, 0.6) is 0 Å². The number of hydrogen-bond donors (Lipinski definition) is 3. The van der Waals surface area contributed by atoms with E-state index in [1.165, 1.54) is 49.3 Å². The van der Waals surface area contributed by atoms with Gasteiger partial charge in [-0.2, -0.15) is 26.3 Å². The molecule has 10 atom stereocenters. The third-order valence-electron chi connectivity index (χ3n) is 21.0. The van der Waals surface area contributed by atoms with E-state index >= 15 is 37.1 Å². The van der Waals surface area contributed by atoms with E-state index in [4.69, 9.17) is 0 Å². The van der Waals surface area contributed by atoms with E-state index in [-0.39, 0.29) is 44.2 Å². The van der Waals surface area contributed by atoms with Gasteiger partial charge in [-0.1, -0.05) is 64.3 Å². The minimum atomic E-state index is -5.48. The SMILES string of the molecule is CC[C@H](C)[C@@H]1NC(=O)[C@H](CC)N(C)C(=O)C[C@@H](C(=O)N(C)C)N(C)C(=O)[C@H](C2CCCC2)N(C)C(=O)C2(CCC2)NC(=O)[C@@H]2C[C@H](F)CN2C(=O)[C@@H](CCc2cc(F)c(C(F)(F)F)c(F)c2)NC(=O)CN(C)C(=O)[C@H](Cc2ccc(C(F)(F)F)cc2)N2CC/C=C\C[C@@H](C2=O)N(C)C(=O)CN(C)C1=O. The molecule has 0 unspecified atom stereocenters. The summed E-state index contributed by atoms with van der Waals surface area (Å²) in [6, 6.07) is -7.97. The highest BCUT2D eigenvalue weighted by Gasteiger charge is 2.54. The molecule has 2 saturated heterocycles. The van der Waals surface area contributed by atoms with Crippen LogP contribution in [0.25, 0.3) is 0 Å². The number of aryl methyl sites for hydroxylation is 1. The summed E-state index contributed by atoms with van der Waals surface area (Å²) in [6.07, 6.45) is -9.65. The highest BCUT2D eigenvalue weighted by molar-refractivity contribution is 6.01. The summed E-state index contributed by atoms with van der Waals surface area (Å²) in [4.78, 5) is 187. The van der Waals surface area contributed by atoms with Gasteiger partial charge in [0.1, 0.15) is 77.2 Å². The Balaban J connectivity index is 1.32. The largest absolute Gasteiger partial charge is 0.422 e. The van der Waals surface area contributed by atoms with Crippen molar-refractivity contribution in [1.29, 1.82) is 0 Å². The highest BCUT2D eigenvalue weighted by atomic mass is 19.4. The molecule has 0 aromatic heterocycles. The van der Waals surface area contributed by atoms with E-state index in [0.717, 1.165) is 75.4 Å². The molecule has 3 heterocycles. The number of likely N-dealkylation sites (N-methyl/N-ethyl adjacent to an activating group) is 7. The van der Waals surface area contributed by atoms with Gasteiger partial charge in [0.15, 0.2) is 0 Å². The lowest BCUT2D eigenvalue weighted by Gasteiger charge is -2.46. The maximum absolute atomic E-state index is 16.0. The Morgan fingerprint density at radius 2 is 1.28 bits per heavy atom. The van der Waals surface area contributed by atoms with Crippen LogP contribution in [0.3, 0.4) is 0 Å². The lowest BCUT2D eigenvalue weighted by molar-refractivity contribution is -0.157. The maximum Gasteiger partial charge on any atom is 0.422 e. The van der Waals surface area contributed by atoms with Gasteiger partial charge in [0, 0.05) is 75.8 Å². The summed E-state index contributed by atoms with van der Waals surface area (Å²) in [6.45, 7) is 2.22. The van der Waals surface area contributed by atoms with Crippen molar-refractivity contribution in [2.75, 3.05) is 82.6 Å². The van der Waals surface area contributed by atoms with Crippen LogP contribution in [-0.2, 0) is 82.7 Å². The van der Waals surface area contributed by atoms with Gasteiger partial charge in [0.25, 0.3) is 0 Å². The standard InChI is InChI=1S/C71H95F9N12O12/c1-12-40(3)58-66(102)86(7)39-56(95)88(9)50-22-15-14-18-31-91(65(50)101)53(34-41-23-26-44(27-24-41)70(75,76)77)64(100)85(6)38-54(93)81-48(28-25-42-32-46(73)57(47(74)33-42)71(78,79)80)62(98)92-37-45(72)35-51(92)61(97)83-69(29-19-30-69)68(104)90(11)59(43-20-16-17-21-43)67(103)89(10)52(63(99)84(4)5)36-55(94)87(8)49(13-2)60(96)82-58/h14-15,23-24,26-27,32-33,40,43,45,48-53,58-59H,12-13,16-22,25,28-31,34-39H2,1-11H3,(H,81,93)(H,82,96)(H,83,97)/b15-14-/t40-,45-,48+,49-,50-,51-,52-,53-,58-,59-/m0/s1. The molecule has 33 heteroatoms. The Kier molecular flexibility index (Phi) is 27.3. The van der Waals surface area contributed by atoms with E-state index in [1.807, 2.05) is 0 Å². The number of halogens is 9. The van der Waals surface area contributed by atoms with Crippen LogP contribution in [-0.4, -0.2) is 258 Å². The van der Waals surface area contributed by atoms with Gasteiger partial charge in [-0.25, -0.2) is 13.2 Å². The molecule has 2 aromatic rings. The summed E-state index contributed by atoms with van der Waals surface area (Å²) >= 11 is 0. The molecule has 1 spiro atoms. The Labute approximate surface area is 598 Å². The first-order valence-electron chi connectivity index (χ1n) is 35.0. The number of nitrogens with one attached hydrogen (secondary N) is 3. The number of carbonyl (C=O) groups is 12. The summed E-state index contributed by atoms with van der Waals surface area (Å²) in [5.41, 5.74) is -5.45. The lowest BCUT2D eigenvalue weighted by atomic mass is 9.74. The molecule has 3 aliphatic heterocycles. The molecule has 7 rings (SSSR count). The first kappa shape index (κ1) is 82.5. The summed E-state index contributed by atoms with van der Waals surface area (Å²) in [5.74, 6) is -16.0. The molecule has 2 bridgehead atoms. The molecular formula is C71H95F9N12O12. The van der Waals surface area contributed by atoms with Gasteiger partial charge in [-0.05, 0) is 111 Å². The van der Waals surface area contributed by atoms with E-state index < -0.39 is 235 Å². The molecule has 2 saturated carbocycles. The quantitative estimate of drug-likeness (QED) is 0.209. The Morgan fingerprint density at radius 1 is 0.663 bits per heavy atom. The van der Waals surface area contributed by atoms with Crippen molar-refractivity contribution in [3.8, 4) is 0 Å². The summed E-state index contributed by atoms with van der Waals surface area (Å²) < 4.78 is 129. The predicted molar refractivity (Wildman–Crippen MR) is 359 cm³/mol. The van der Waals surface area contributed by atoms with Gasteiger partial charge in [0.2, 0.25) is 70.9 Å². The monoisotopic (exact) mass is 1480 g/mol. The fourth-order valence-corrected chi connectivity index (χ4v) is 14.4. The Morgan fingerprint density at radius 3 is 1.84 bits per heavy atom. The molecule has 24 nitrogen and oxygen atoms in total. The second kappa shape index (κ2) is 34.4. The average molecular weight is 1480 g/mol. The van der Waals surface area contributed by atoms with Crippen LogP contribution in [0.4, 0.5) is 39.5 Å². The van der Waals surface area contributed by atoms with Gasteiger partial charge in [0.05, 0.1) is 31.6 Å². The first-order valence-corrected chi connectivity index (χ1v) is 35.0. The summed E-state index contributed by atoms with van der Waals surface area (Å²) in [5, 5.41) is 7.91. The first-order chi connectivity index (χ1) is 48.7. The Hall–Kier alpha value is -8.81. The van der Waals surface area contributed by atoms with Crippen LogP contribution in [0.1, 0.15) is 133 Å². The number of rotatable bonds is 10. The molecule has 2 aliphatic carbocycles. The van der Waals surface area contributed by atoms with Crippen molar-refractivity contribution in [1.82, 2.24) is 60.0 Å². The minimum Gasteiger partial charge on any atom is -0.347 e. The number of carbonyl (C=O) groups excluding carboxylic acids is 12. The van der Waals surface area contributed by atoms with E-state index in [1.54, 1.807) is 32.9 Å². The van der Waals surface area contributed by atoms with Crippen LogP contribution in [0.2, 0.25) is 0 Å². The smallest absolute Gasteiger partial charge is 0.347 e.